The molecule has 0 aliphatic carbocycles. The molecule has 0 bridgehead atoms. The maximum Gasteiger partial charge on any atom is 0.287 e. The molecule has 1 aromatic carbocycles. The number of carbonyl (C=O) groups is 1. The van der Waals surface area contributed by atoms with E-state index in [4.69, 9.17) is 21.1 Å². The number of benzene rings is 1. The highest BCUT2D eigenvalue weighted by atomic mass is 35.5. The highest BCUT2D eigenvalue weighted by molar-refractivity contribution is 6.29. The quantitative estimate of drug-likeness (QED) is 0.853. The third-order valence-corrected chi connectivity index (χ3v) is 2.92. The van der Waals surface area contributed by atoms with E-state index >= 15 is 0 Å². The summed E-state index contributed by atoms with van der Waals surface area (Å²) < 4.78 is 5.04. The van der Waals surface area contributed by atoms with Crippen LogP contribution >= 0.6 is 11.6 Å². The Kier molecular flexibility index (Phi) is 5.44. The van der Waals surface area contributed by atoms with Gasteiger partial charge in [-0.3, -0.25) is 4.79 Å². The van der Waals surface area contributed by atoms with Crippen LogP contribution in [0, 0.1) is 11.8 Å². The van der Waals surface area contributed by atoms with E-state index in [0.717, 1.165) is 11.1 Å². The molecule has 2 N–H and O–H groups in total. The van der Waals surface area contributed by atoms with E-state index in [-0.39, 0.29) is 23.5 Å². The zero-order valence-corrected chi connectivity index (χ0v) is 12.0. The molecule has 0 unspecified atom stereocenters. The van der Waals surface area contributed by atoms with Crippen LogP contribution in [-0.2, 0) is 6.54 Å². The molecule has 0 aliphatic rings. The molecule has 0 saturated heterocycles. The van der Waals surface area contributed by atoms with Crippen LogP contribution < -0.4 is 5.32 Å². The lowest BCUT2D eigenvalue weighted by atomic mass is 10.1. The Hall–Kier alpha value is -2.22. The normalized spacial score (nSPS) is 9.81. The van der Waals surface area contributed by atoms with E-state index in [2.05, 4.69) is 17.2 Å². The van der Waals surface area contributed by atoms with Gasteiger partial charge in [0.2, 0.25) is 0 Å². The fourth-order valence-electron chi connectivity index (χ4n) is 1.71. The minimum absolute atomic E-state index is 0.0329. The average molecular weight is 304 g/mol. The van der Waals surface area contributed by atoms with Gasteiger partial charge in [-0.15, -0.1) is 0 Å². The maximum absolute atomic E-state index is 11.9. The number of hydrogen-bond donors (Lipinski definition) is 2. The summed E-state index contributed by atoms with van der Waals surface area (Å²) in [7, 11) is 0. The molecule has 1 aromatic heterocycles. The smallest absolute Gasteiger partial charge is 0.287 e. The van der Waals surface area contributed by atoms with Gasteiger partial charge in [0.25, 0.3) is 5.91 Å². The Balaban J connectivity index is 2.03. The summed E-state index contributed by atoms with van der Waals surface area (Å²) in [5.41, 5.74) is 1.72. The van der Waals surface area contributed by atoms with E-state index in [1.807, 2.05) is 24.3 Å². The van der Waals surface area contributed by atoms with Gasteiger partial charge in [0.1, 0.15) is 0 Å². The lowest BCUT2D eigenvalue weighted by Crippen LogP contribution is -2.22. The Morgan fingerprint density at radius 2 is 2.10 bits per heavy atom. The van der Waals surface area contributed by atoms with Crippen LogP contribution in [0.1, 0.15) is 28.1 Å². The highest BCUT2D eigenvalue weighted by Crippen LogP contribution is 2.13. The van der Waals surface area contributed by atoms with Crippen molar-refractivity contribution in [1.29, 1.82) is 0 Å². The first-order chi connectivity index (χ1) is 10.2. The van der Waals surface area contributed by atoms with Crippen molar-refractivity contribution in [2.75, 3.05) is 6.61 Å². The first-order valence-corrected chi connectivity index (χ1v) is 6.79. The second kappa shape index (κ2) is 7.53. The molecule has 0 fully saturated rings. The second-order valence-corrected chi connectivity index (χ2v) is 4.59. The molecule has 5 heteroatoms. The van der Waals surface area contributed by atoms with E-state index in [1.165, 1.54) is 12.1 Å². The summed E-state index contributed by atoms with van der Waals surface area (Å²) in [6.45, 7) is 0.367. The molecule has 0 atom stereocenters. The zero-order valence-electron chi connectivity index (χ0n) is 11.2. The van der Waals surface area contributed by atoms with E-state index in [0.29, 0.717) is 13.0 Å². The monoisotopic (exact) mass is 303 g/mol. The van der Waals surface area contributed by atoms with Crippen molar-refractivity contribution >= 4 is 17.5 Å². The molecule has 0 radical (unpaired) electrons. The SMILES string of the molecule is O=C(NCc1ccccc1C#CCCO)c1ccc(Cl)o1. The summed E-state index contributed by atoms with van der Waals surface area (Å²) in [5, 5.41) is 11.7. The molecule has 108 valence electrons. The summed E-state index contributed by atoms with van der Waals surface area (Å²) in [4.78, 5) is 11.9. The molecular formula is C16H14ClNO3. The van der Waals surface area contributed by atoms with Crippen LogP contribution in [0.3, 0.4) is 0 Å². The lowest BCUT2D eigenvalue weighted by Gasteiger charge is -2.05. The Morgan fingerprint density at radius 3 is 2.81 bits per heavy atom. The Labute approximate surface area is 127 Å². The van der Waals surface area contributed by atoms with Crippen molar-refractivity contribution in [2.24, 2.45) is 0 Å². The van der Waals surface area contributed by atoms with Crippen molar-refractivity contribution in [3.8, 4) is 11.8 Å². The van der Waals surface area contributed by atoms with Crippen molar-refractivity contribution in [3.05, 3.63) is 58.5 Å². The van der Waals surface area contributed by atoms with E-state index in [9.17, 15) is 4.79 Å². The molecule has 0 spiro atoms. The van der Waals surface area contributed by atoms with Crippen LogP contribution in [0.15, 0.2) is 40.8 Å². The Morgan fingerprint density at radius 1 is 1.29 bits per heavy atom. The number of aliphatic hydroxyl groups excluding tert-OH is 1. The van der Waals surface area contributed by atoms with Crippen LogP contribution in [-0.4, -0.2) is 17.6 Å². The summed E-state index contributed by atoms with van der Waals surface area (Å²) in [5.74, 6) is 5.68. The fraction of sp³-hybridized carbons (Fsp3) is 0.188. The van der Waals surface area contributed by atoms with Gasteiger partial charge >= 0.3 is 0 Å². The maximum atomic E-state index is 11.9. The Bertz CT molecular complexity index is 682. The van der Waals surface area contributed by atoms with Gasteiger partial charge in [-0.25, -0.2) is 0 Å². The van der Waals surface area contributed by atoms with Gasteiger partial charge in [0, 0.05) is 18.5 Å². The molecule has 2 aromatic rings. The zero-order chi connectivity index (χ0) is 15.1. The molecular weight excluding hydrogens is 290 g/mol. The molecule has 4 nitrogen and oxygen atoms in total. The summed E-state index contributed by atoms with van der Waals surface area (Å²) in [6.07, 6.45) is 0.422. The van der Waals surface area contributed by atoms with Crippen LogP contribution in [0.5, 0.6) is 0 Å². The van der Waals surface area contributed by atoms with Crippen LogP contribution in [0.4, 0.5) is 0 Å². The van der Waals surface area contributed by atoms with Gasteiger partial charge in [0.15, 0.2) is 11.0 Å². The van der Waals surface area contributed by atoms with Crippen molar-refractivity contribution < 1.29 is 14.3 Å². The molecule has 21 heavy (non-hydrogen) atoms. The molecule has 1 heterocycles. The average Bonchev–Trinajstić information content (AvgIpc) is 2.93. The van der Waals surface area contributed by atoms with Gasteiger partial charge in [0.05, 0.1) is 6.61 Å². The molecule has 0 saturated carbocycles. The second-order valence-electron chi connectivity index (χ2n) is 4.22. The van der Waals surface area contributed by atoms with Crippen LogP contribution in [0.25, 0.3) is 0 Å². The number of halogens is 1. The highest BCUT2D eigenvalue weighted by Gasteiger charge is 2.10. The standard InChI is InChI=1S/C16H14ClNO3/c17-15-9-8-14(21-15)16(20)18-11-13-7-2-1-5-12(13)6-3-4-10-19/h1-2,5,7-9,19H,4,10-11H2,(H,18,20). The van der Waals surface area contributed by atoms with E-state index in [1.54, 1.807) is 0 Å². The molecule has 2 rings (SSSR count). The number of rotatable bonds is 4. The van der Waals surface area contributed by atoms with Gasteiger partial charge < -0.3 is 14.8 Å². The lowest BCUT2D eigenvalue weighted by molar-refractivity contribution is 0.0923. The minimum Gasteiger partial charge on any atom is -0.440 e. The van der Waals surface area contributed by atoms with Gasteiger partial charge in [-0.1, -0.05) is 30.0 Å². The fourth-order valence-corrected chi connectivity index (χ4v) is 1.86. The summed E-state index contributed by atoms with van der Waals surface area (Å²) in [6, 6.07) is 10.5. The van der Waals surface area contributed by atoms with Crippen molar-refractivity contribution in [3.63, 3.8) is 0 Å². The van der Waals surface area contributed by atoms with Gasteiger partial charge in [-0.2, -0.15) is 0 Å². The third kappa shape index (κ3) is 4.38. The summed E-state index contributed by atoms with van der Waals surface area (Å²) >= 11 is 5.63. The molecule has 0 aliphatic heterocycles. The number of aliphatic hydroxyl groups is 1. The van der Waals surface area contributed by atoms with E-state index < -0.39 is 0 Å². The minimum atomic E-state index is -0.333. The number of hydrogen-bond acceptors (Lipinski definition) is 3. The third-order valence-electron chi connectivity index (χ3n) is 2.71. The first kappa shape index (κ1) is 15.2. The number of amides is 1. The predicted octanol–water partition coefficient (Wildman–Crippen LogP) is 2.60. The largest absolute Gasteiger partial charge is 0.440 e. The van der Waals surface area contributed by atoms with Gasteiger partial charge in [-0.05, 0) is 35.4 Å². The van der Waals surface area contributed by atoms with Crippen molar-refractivity contribution in [1.82, 2.24) is 5.32 Å². The van der Waals surface area contributed by atoms with Crippen molar-refractivity contribution in [2.45, 2.75) is 13.0 Å². The predicted molar refractivity (Wildman–Crippen MR) is 79.9 cm³/mol. The first-order valence-electron chi connectivity index (χ1n) is 6.42. The van der Waals surface area contributed by atoms with Crippen LogP contribution in [0.2, 0.25) is 5.22 Å². The number of furan rings is 1. The number of nitrogens with one attached hydrogen (secondary N) is 1. The topological polar surface area (TPSA) is 62.5 Å². The molecule has 1 amide bonds. The number of carbonyl (C=O) groups excluding carboxylic acids is 1.